The van der Waals surface area contributed by atoms with Gasteiger partial charge in [0.25, 0.3) is 5.91 Å². The fourth-order valence-electron chi connectivity index (χ4n) is 4.89. The predicted octanol–water partition coefficient (Wildman–Crippen LogP) is 4.82. The first-order valence-corrected chi connectivity index (χ1v) is 12.6. The summed E-state index contributed by atoms with van der Waals surface area (Å²) < 4.78 is 5.12. The summed E-state index contributed by atoms with van der Waals surface area (Å²) in [6, 6.07) is 21.0. The molecule has 1 saturated heterocycles. The van der Waals surface area contributed by atoms with Crippen LogP contribution in [0.15, 0.2) is 90.5 Å². The molecule has 1 aliphatic carbocycles. The molecule has 0 spiro atoms. The molecule has 3 aromatic rings. The van der Waals surface area contributed by atoms with E-state index in [9.17, 15) is 24.0 Å². The molecule has 39 heavy (non-hydrogen) atoms. The van der Waals surface area contributed by atoms with Gasteiger partial charge in [-0.05, 0) is 62.2 Å². The Balaban J connectivity index is 1.21. The van der Waals surface area contributed by atoms with Gasteiger partial charge in [0.1, 0.15) is 0 Å². The average molecular weight is 523 g/mol. The lowest BCUT2D eigenvalue weighted by Gasteiger charge is -2.18. The van der Waals surface area contributed by atoms with Crippen molar-refractivity contribution in [3.8, 4) is 0 Å². The zero-order valence-corrected chi connectivity index (χ0v) is 21.3. The van der Waals surface area contributed by atoms with Crippen LogP contribution in [0.1, 0.15) is 50.8 Å². The van der Waals surface area contributed by atoms with Crippen LogP contribution >= 0.6 is 0 Å². The number of anilines is 2. The molecule has 1 fully saturated rings. The molecule has 2 atom stereocenters. The van der Waals surface area contributed by atoms with Gasteiger partial charge in [-0.3, -0.25) is 24.1 Å². The van der Waals surface area contributed by atoms with Crippen LogP contribution in [0.5, 0.6) is 0 Å². The van der Waals surface area contributed by atoms with Crippen molar-refractivity contribution in [2.75, 3.05) is 16.8 Å². The standard InChI is InChI=1S/C31H26N2O6/c1-19-10-15-25-26(16-19)30(37)33(29(25)36)24-9-5-8-22(17-24)28(35)32-23-13-11-21(12-14-23)31(38)39-18-27(34)20-6-3-2-4-7-20/h2-14,17,25-26H,15-16,18H2,1H3,(H,32,35)/t25-,26+/m1/s1. The maximum atomic E-state index is 13.0. The number of hydrogen-bond acceptors (Lipinski definition) is 6. The summed E-state index contributed by atoms with van der Waals surface area (Å²) in [5, 5.41) is 2.75. The van der Waals surface area contributed by atoms with E-state index in [2.05, 4.69) is 5.32 Å². The zero-order chi connectivity index (χ0) is 27.5. The highest BCUT2D eigenvalue weighted by Gasteiger charge is 2.48. The van der Waals surface area contributed by atoms with Crippen molar-refractivity contribution in [1.82, 2.24) is 0 Å². The average Bonchev–Trinajstić information content (AvgIpc) is 3.21. The van der Waals surface area contributed by atoms with Crippen molar-refractivity contribution in [2.45, 2.75) is 19.8 Å². The number of carbonyl (C=O) groups excluding carboxylic acids is 5. The van der Waals surface area contributed by atoms with Gasteiger partial charge in [0, 0.05) is 16.8 Å². The van der Waals surface area contributed by atoms with Crippen LogP contribution in [-0.4, -0.2) is 36.1 Å². The van der Waals surface area contributed by atoms with E-state index >= 15 is 0 Å². The van der Waals surface area contributed by atoms with E-state index in [1.807, 2.05) is 13.0 Å². The van der Waals surface area contributed by atoms with Crippen molar-refractivity contribution < 1.29 is 28.7 Å². The van der Waals surface area contributed by atoms with Crippen LogP contribution in [0.25, 0.3) is 0 Å². The van der Waals surface area contributed by atoms with Gasteiger partial charge in [0.2, 0.25) is 11.8 Å². The first-order chi connectivity index (χ1) is 18.8. The molecule has 8 nitrogen and oxygen atoms in total. The van der Waals surface area contributed by atoms with Gasteiger partial charge in [-0.25, -0.2) is 4.79 Å². The summed E-state index contributed by atoms with van der Waals surface area (Å²) in [4.78, 5) is 64.6. The maximum Gasteiger partial charge on any atom is 0.338 e. The second kappa shape index (κ2) is 10.9. The van der Waals surface area contributed by atoms with Gasteiger partial charge < -0.3 is 10.1 Å². The van der Waals surface area contributed by atoms with Crippen LogP contribution in [0.3, 0.4) is 0 Å². The number of benzene rings is 3. The van der Waals surface area contributed by atoms with Crippen LogP contribution < -0.4 is 10.2 Å². The second-order valence-electron chi connectivity index (χ2n) is 9.66. The summed E-state index contributed by atoms with van der Waals surface area (Å²) >= 11 is 0. The zero-order valence-electron chi connectivity index (χ0n) is 21.3. The molecule has 0 radical (unpaired) electrons. The van der Waals surface area contributed by atoms with Crippen LogP contribution in [0, 0.1) is 11.8 Å². The van der Waals surface area contributed by atoms with Crippen molar-refractivity contribution in [2.24, 2.45) is 11.8 Å². The molecule has 5 rings (SSSR count). The van der Waals surface area contributed by atoms with Gasteiger partial charge in [-0.2, -0.15) is 0 Å². The number of nitrogens with one attached hydrogen (secondary N) is 1. The number of amides is 3. The Kier molecular flexibility index (Phi) is 7.19. The van der Waals surface area contributed by atoms with Crippen LogP contribution in [-0.2, 0) is 14.3 Å². The number of fused-ring (bicyclic) bond motifs is 1. The number of imide groups is 1. The SMILES string of the molecule is CC1=CC[C@H]2C(=O)N(c3cccc(C(=O)Nc4ccc(C(=O)OCC(=O)c5ccccc5)cc4)c3)C(=O)[C@H]2C1. The summed E-state index contributed by atoms with van der Waals surface area (Å²) in [5.74, 6) is -2.59. The Morgan fingerprint density at radius 1 is 0.846 bits per heavy atom. The third-order valence-electron chi connectivity index (χ3n) is 7.00. The van der Waals surface area contributed by atoms with Gasteiger partial charge >= 0.3 is 5.97 Å². The number of rotatable bonds is 7. The van der Waals surface area contributed by atoms with E-state index in [0.29, 0.717) is 29.8 Å². The minimum Gasteiger partial charge on any atom is -0.454 e. The minimum absolute atomic E-state index is 0.230. The molecule has 0 bridgehead atoms. The molecule has 3 aromatic carbocycles. The normalized spacial score (nSPS) is 18.3. The number of allylic oxidation sites excluding steroid dienone is 2. The highest BCUT2D eigenvalue weighted by molar-refractivity contribution is 6.22. The van der Waals surface area contributed by atoms with Crippen molar-refractivity contribution in [3.05, 3.63) is 107 Å². The predicted molar refractivity (Wildman–Crippen MR) is 144 cm³/mol. The minimum atomic E-state index is -0.657. The van der Waals surface area contributed by atoms with E-state index in [-0.39, 0.29) is 47.2 Å². The first kappa shape index (κ1) is 25.8. The van der Waals surface area contributed by atoms with E-state index in [4.69, 9.17) is 4.74 Å². The molecule has 196 valence electrons. The third-order valence-corrected chi connectivity index (χ3v) is 7.00. The lowest BCUT2D eigenvalue weighted by molar-refractivity contribution is -0.122. The maximum absolute atomic E-state index is 13.0. The van der Waals surface area contributed by atoms with E-state index < -0.39 is 11.9 Å². The summed E-state index contributed by atoms with van der Waals surface area (Å²) in [7, 11) is 0. The van der Waals surface area contributed by atoms with Gasteiger partial charge in [-0.1, -0.05) is 48.0 Å². The Morgan fingerprint density at radius 2 is 1.54 bits per heavy atom. The molecule has 3 amide bonds. The molecular weight excluding hydrogens is 496 g/mol. The van der Waals surface area contributed by atoms with Crippen molar-refractivity contribution >= 4 is 40.8 Å². The molecule has 1 aliphatic heterocycles. The first-order valence-electron chi connectivity index (χ1n) is 12.6. The second-order valence-corrected chi connectivity index (χ2v) is 9.66. The van der Waals surface area contributed by atoms with Crippen molar-refractivity contribution in [3.63, 3.8) is 0 Å². The number of ether oxygens (including phenoxy) is 1. The molecule has 1 N–H and O–H groups in total. The summed E-state index contributed by atoms with van der Waals surface area (Å²) in [6.07, 6.45) is 3.12. The van der Waals surface area contributed by atoms with Gasteiger partial charge in [-0.15, -0.1) is 0 Å². The van der Waals surface area contributed by atoms with E-state index in [1.54, 1.807) is 60.7 Å². The summed E-state index contributed by atoms with van der Waals surface area (Å²) in [6.45, 7) is 1.58. The monoisotopic (exact) mass is 522 g/mol. The largest absolute Gasteiger partial charge is 0.454 e. The molecular formula is C31H26N2O6. The molecule has 0 saturated carbocycles. The Morgan fingerprint density at radius 3 is 2.28 bits per heavy atom. The van der Waals surface area contributed by atoms with E-state index in [1.165, 1.54) is 23.1 Å². The lowest BCUT2D eigenvalue weighted by Crippen LogP contribution is -2.31. The molecule has 8 heteroatoms. The Hall–Kier alpha value is -4.85. The lowest BCUT2D eigenvalue weighted by atomic mass is 9.82. The van der Waals surface area contributed by atoms with Crippen molar-refractivity contribution in [1.29, 1.82) is 0 Å². The molecule has 0 aromatic heterocycles. The number of nitrogens with zero attached hydrogens (tertiary/aromatic N) is 1. The number of hydrogen-bond donors (Lipinski definition) is 1. The Labute approximate surface area is 225 Å². The van der Waals surface area contributed by atoms with Gasteiger partial charge in [0.05, 0.1) is 23.1 Å². The Bertz CT molecular complexity index is 1490. The van der Waals surface area contributed by atoms with Crippen LogP contribution in [0.2, 0.25) is 0 Å². The third kappa shape index (κ3) is 5.40. The smallest absolute Gasteiger partial charge is 0.338 e. The highest BCUT2D eigenvalue weighted by atomic mass is 16.5. The quantitative estimate of drug-likeness (QED) is 0.206. The number of ketones is 1. The van der Waals surface area contributed by atoms with Gasteiger partial charge in [0.15, 0.2) is 12.4 Å². The number of Topliss-reactive ketones (excluding diaryl/α,β-unsaturated/α-hetero) is 1. The topological polar surface area (TPSA) is 110 Å². The van der Waals surface area contributed by atoms with E-state index in [0.717, 1.165) is 5.57 Å². The summed E-state index contributed by atoms with van der Waals surface area (Å²) in [5.41, 5.74) is 2.87. The fraction of sp³-hybridized carbons (Fsp3) is 0.194. The number of esters is 1. The number of carbonyl (C=O) groups is 5. The fourth-order valence-corrected chi connectivity index (χ4v) is 4.89. The molecule has 1 heterocycles. The van der Waals surface area contributed by atoms with Crippen LogP contribution in [0.4, 0.5) is 11.4 Å². The molecule has 0 unspecified atom stereocenters. The highest BCUT2D eigenvalue weighted by Crippen LogP contribution is 2.39. The molecule has 2 aliphatic rings.